The number of carbonyl (C=O) groups excluding carboxylic acids is 1. The molecule has 3 aromatic rings. The summed E-state index contributed by atoms with van der Waals surface area (Å²) in [6, 6.07) is 18.3. The number of fused-ring (bicyclic) bond motifs is 1. The van der Waals surface area contributed by atoms with Gasteiger partial charge in [0, 0.05) is 46.6 Å². The molecule has 0 aliphatic carbocycles. The first-order valence-electron chi connectivity index (χ1n) is 9.90. The largest absolute Gasteiger partial charge is 0.298 e. The molecule has 7 heteroatoms. The fourth-order valence-electron chi connectivity index (χ4n) is 3.43. The summed E-state index contributed by atoms with van der Waals surface area (Å²) in [5.41, 5.74) is 3.13. The van der Waals surface area contributed by atoms with Crippen molar-refractivity contribution in [2.24, 2.45) is 0 Å². The summed E-state index contributed by atoms with van der Waals surface area (Å²) in [6.45, 7) is 7.13. The second-order valence-corrected chi connectivity index (χ2v) is 10.2. The monoisotopic (exact) mass is 459 g/mol. The van der Waals surface area contributed by atoms with E-state index in [1.807, 2.05) is 30.3 Å². The summed E-state index contributed by atoms with van der Waals surface area (Å²) in [6.07, 6.45) is 0.926. The molecule has 0 atom stereocenters. The quantitative estimate of drug-likeness (QED) is 0.468. The maximum absolute atomic E-state index is 12.7. The van der Waals surface area contributed by atoms with Crippen LogP contribution in [0.2, 0.25) is 0 Å². The molecule has 0 spiro atoms. The number of thioether (sulfide) groups is 1. The van der Waals surface area contributed by atoms with E-state index in [4.69, 9.17) is 0 Å². The van der Waals surface area contributed by atoms with Crippen molar-refractivity contribution in [2.75, 3.05) is 11.9 Å². The number of halogens is 1. The Hall–Kier alpha value is -1.86. The van der Waals surface area contributed by atoms with Gasteiger partial charge in [-0.05, 0) is 23.8 Å². The number of amides is 1. The topological polar surface area (TPSA) is 45.2 Å². The summed E-state index contributed by atoms with van der Waals surface area (Å²) in [5.74, 6) is -0.0940. The van der Waals surface area contributed by atoms with Crippen LogP contribution in [0.5, 0.6) is 0 Å². The molecule has 4 rings (SSSR count). The van der Waals surface area contributed by atoms with E-state index in [2.05, 4.69) is 53.3 Å². The minimum Gasteiger partial charge on any atom is -0.298 e. The van der Waals surface area contributed by atoms with Gasteiger partial charge in [0.05, 0.1) is 5.69 Å². The highest BCUT2D eigenvalue weighted by molar-refractivity contribution is 7.99. The smallest absolute Gasteiger partial charge is 0.257 e. The number of carbonyl (C=O) groups is 1. The number of hydrogen-bond donors (Lipinski definition) is 1. The van der Waals surface area contributed by atoms with Crippen molar-refractivity contribution in [1.82, 2.24) is 9.88 Å². The van der Waals surface area contributed by atoms with Crippen LogP contribution in [0.3, 0.4) is 0 Å². The molecule has 0 bridgehead atoms. The lowest BCUT2D eigenvalue weighted by molar-refractivity contribution is 0.102. The van der Waals surface area contributed by atoms with E-state index in [1.54, 1.807) is 23.1 Å². The molecule has 4 nitrogen and oxygen atoms in total. The summed E-state index contributed by atoms with van der Waals surface area (Å²) in [4.78, 5) is 22.2. The fraction of sp³-hybridized carbons (Fsp3) is 0.304. The predicted octanol–water partition coefficient (Wildman–Crippen LogP) is 5.88. The van der Waals surface area contributed by atoms with Gasteiger partial charge in [0.25, 0.3) is 5.91 Å². The maximum Gasteiger partial charge on any atom is 0.257 e. The molecule has 0 saturated heterocycles. The highest BCUT2D eigenvalue weighted by Crippen LogP contribution is 2.30. The van der Waals surface area contributed by atoms with Crippen LogP contribution < -0.4 is 5.32 Å². The number of nitrogens with one attached hydrogen (secondary N) is 1. The third-order valence-corrected chi connectivity index (χ3v) is 6.74. The third-order valence-electron chi connectivity index (χ3n) is 4.75. The Morgan fingerprint density at radius 3 is 2.77 bits per heavy atom. The fourth-order valence-corrected chi connectivity index (χ4v) is 5.37. The Morgan fingerprint density at radius 2 is 2.00 bits per heavy atom. The molecule has 1 aromatic heterocycles. The average molecular weight is 460 g/mol. The van der Waals surface area contributed by atoms with Gasteiger partial charge in [0.15, 0.2) is 5.13 Å². The number of nitrogens with zero attached hydrogens (tertiary/aromatic N) is 2. The zero-order chi connectivity index (χ0) is 20.2. The first-order valence-corrected chi connectivity index (χ1v) is 11.6. The van der Waals surface area contributed by atoms with E-state index in [0.29, 0.717) is 15.9 Å². The van der Waals surface area contributed by atoms with Crippen LogP contribution in [0.25, 0.3) is 0 Å². The van der Waals surface area contributed by atoms with Gasteiger partial charge in [-0.2, -0.15) is 0 Å². The number of aromatic nitrogens is 1. The molecule has 2 aromatic carbocycles. The maximum atomic E-state index is 12.7. The Morgan fingerprint density at radius 1 is 1.20 bits per heavy atom. The van der Waals surface area contributed by atoms with Crippen molar-refractivity contribution in [3.05, 3.63) is 76.3 Å². The van der Waals surface area contributed by atoms with Crippen molar-refractivity contribution in [3.63, 3.8) is 0 Å². The Bertz CT molecular complexity index is 991. The highest BCUT2D eigenvalue weighted by atomic mass is 35.5. The van der Waals surface area contributed by atoms with Crippen molar-refractivity contribution < 1.29 is 4.79 Å². The number of benzene rings is 2. The highest BCUT2D eigenvalue weighted by Gasteiger charge is 2.21. The number of anilines is 1. The molecule has 1 N–H and O–H groups in total. The zero-order valence-electron chi connectivity index (χ0n) is 17.1. The second-order valence-electron chi connectivity index (χ2n) is 7.48. The van der Waals surface area contributed by atoms with Crippen LogP contribution in [-0.4, -0.2) is 27.6 Å². The molecular weight excluding hydrogens is 434 g/mol. The molecule has 1 aliphatic heterocycles. The summed E-state index contributed by atoms with van der Waals surface area (Å²) in [7, 11) is 0. The summed E-state index contributed by atoms with van der Waals surface area (Å²) in [5, 5.41) is 4.18. The van der Waals surface area contributed by atoms with E-state index in [0.717, 1.165) is 36.6 Å². The van der Waals surface area contributed by atoms with E-state index >= 15 is 0 Å². The van der Waals surface area contributed by atoms with E-state index in [9.17, 15) is 4.79 Å². The molecule has 0 fully saturated rings. The molecule has 1 aliphatic rings. The van der Waals surface area contributed by atoms with Crippen molar-refractivity contribution >= 4 is 46.5 Å². The first-order chi connectivity index (χ1) is 14.1. The van der Waals surface area contributed by atoms with Crippen LogP contribution in [0.1, 0.15) is 40.3 Å². The van der Waals surface area contributed by atoms with Crippen LogP contribution in [0.15, 0.2) is 59.5 Å². The standard InChI is InChI=1S/C23H25N3OS2.ClH/c1-16(2)28-19-10-6-9-18(13-19)22(27)25-23-24-20-11-12-26(15-21(20)29-23)14-17-7-4-3-5-8-17;/h3-10,13,16H,11-12,14-15H2,1-2H3,(H,24,25,27);1H. The second kappa shape index (κ2) is 10.4. The van der Waals surface area contributed by atoms with Gasteiger partial charge in [-0.15, -0.1) is 35.5 Å². The Kier molecular flexibility index (Phi) is 7.94. The van der Waals surface area contributed by atoms with Crippen LogP contribution in [0.4, 0.5) is 5.13 Å². The normalized spacial score (nSPS) is 13.6. The number of rotatable bonds is 6. The molecule has 2 heterocycles. The lowest BCUT2D eigenvalue weighted by Crippen LogP contribution is -2.29. The van der Waals surface area contributed by atoms with Crippen LogP contribution >= 0.6 is 35.5 Å². The lowest BCUT2D eigenvalue weighted by atomic mass is 10.1. The molecule has 0 saturated carbocycles. The van der Waals surface area contributed by atoms with Gasteiger partial charge in [-0.3, -0.25) is 15.0 Å². The van der Waals surface area contributed by atoms with Crippen LogP contribution in [0, 0.1) is 0 Å². The minimum atomic E-state index is -0.0940. The summed E-state index contributed by atoms with van der Waals surface area (Å²) >= 11 is 3.36. The Labute approximate surface area is 192 Å². The van der Waals surface area contributed by atoms with Crippen molar-refractivity contribution in [1.29, 1.82) is 0 Å². The van der Waals surface area contributed by atoms with Crippen LogP contribution in [-0.2, 0) is 19.5 Å². The zero-order valence-corrected chi connectivity index (χ0v) is 19.6. The van der Waals surface area contributed by atoms with E-state index in [-0.39, 0.29) is 18.3 Å². The number of hydrogen-bond acceptors (Lipinski definition) is 5. The van der Waals surface area contributed by atoms with Gasteiger partial charge in [0.1, 0.15) is 0 Å². The Balaban J connectivity index is 0.00000256. The predicted molar refractivity (Wildman–Crippen MR) is 129 cm³/mol. The average Bonchev–Trinajstić information content (AvgIpc) is 3.10. The third kappa shape index (κ3) is 5.85. The van der Waals surface area contributed by atoms with Gasteiger partial charge in [-0.25, -0.2) is 4.98 Å². The SMILES string of the molecule is CC(C)Sc1cccc(C(=O)Nc2nc3c(s2)CN(Cc2ccccc2)CC3)c1.Cl. The molecular formula is C23H26ClN3OS2. The molecule has 158 valence electrons. The van der Waals surface area contributed by atoms with Gasteiger partial charge < -0.3 is 0 Å². The lowest BCUT2D eigenvalue weighted by Gasteiger charge is -2.25. The summed E-state index contributed by atoms with van der Waals surface area (Å²) < 4.78 is 0. The molecule has 0 unspecified atom stereocenters. The van der Waals surface area contributed by atoms with Gasteiger partial charge >= 0.3 is 0 Å². The molecule has 0 radical (unpaired) electrons. The molecule has 1 amide bonds. The van der Waals surface area contributed by atoms with Crippen molar-refractivity contribution in [2.45, 2.75) is 43.5 Å². The van der Waals surface area contributed by atoms with Gasteiger partial charge in [0.2, 0.25) is 0 Å². The molecule has 30 heavy (non-hydrogen) atoms. The van der Waals surface area contributed by atoms with E-state index in [1.165, 1.54) is 10.4 Å². The minimum absolute atomic E-state index is 0. The van der Waals surface area contributed by atoms with Crippen molar-refractivity contribution in [3.8, 4) is 0 Å². The van der Waals surface area contributed by atoms with E-state index < -0.39 is 0 Å². The van der Waals surface area contributed by atoms with Gasteiger partial charge in [-0.1, -0.05) is 50.2 Å². The number of thiazole rings is 1. The first kappa shape index (κ1) is 22.8.